The molecule has 0 radical (unpaired) electrons. The molecular formula is C22H22N4O6. The van der Waals surface area contributed by atoms with E-state index >= 15 is 0 Å². The van der Waals surface area contributed by atoms with Gasteiger partial charge in [0.1, 0.15) is 0 Å². The highest BCUT2D eigenvalue weighted by atomic mass is 16.5. The number of amides is 2. The predicted molar refractivity (Wildman–Crippen MR) is 112 cm³/mol. The van der Waals surface area contributed by atoms with Crippen molar-refractivity contribution in [1.82, 2.24) is 10.6 Å². The minimum Gasteiger partial charge on any atom is -0.493 e. The van der Waals surface area contributed by atoms with Crippen molar-refractivity contribution in [3.8, 4) is 35.1 Å². The second-order valence-electron chi connectivity index (χ2n) is 6.23. The number of carbonyl (C=O) groups excluding carboxylic acids is 2. The van der Waals surface area contributed by atoms with Crippen LogP contribution in [0.4, 0.5) is 0 Å². The molecule has 0 heterocycles. The number of hydrogen-bond acceptors (Lipinski definition) is 8. The van der Waals surface area contributed by atoms with Gasteiger partial charge in [0.15, 0.2) is 36.2 Å². The molecule has 0 saturated heterocycles. The molecule has 0 fully saturated rings. The fraction of sp³-hybridized carbons (Fsp3) is 0.273. The fourth-order valence-electron chi connectivity index (χ4n) is 2.51. The fourth-order valence-corrected chi connectivity index (χ4v) is 2.51. The summed E-state index contributed by atoms with van der Waals surface area (Å²) in [6.45, 7) is -0.118. The first-order valence-corrected chi connectivity index (χ1v) is 9.46. The number of nitrogens with one attached hydrogen (secondary N) is 2. The van der Waals surface area contributed by atoms with Crippen molar-refractivity contribution in [3.63, 3.8) is 0 Å². The van der Waals surface area contributed by atoms with Crippen molar-refractivity contribution in [2.75, 3.05) is 40.5 Å². The molecule has 0 aliphatic heterocycles. The molecule has 2 aromatic rings. The third kappa shape index (κ3) is 7.11. The van der Waals surface area contributed by atoms with Gasteiger partial charge in [0.05, 0.1) is 37.5 Å². The highest BCUT2D eigenvalue weighted by Gasteiger charge is 2.10. The molecule has 2 N–H and O–H groups in total. The summed E-state index contributed by atoms with van der Waals surface area (Å²) in [4.78, 5) is 23.8. The normalized spacial score (nSPS) is 9.62. The molecule has 0 aliphatic carbocycles. The summed E-state index contributed by atoms with van der Waals surface area (Å²) >= 11 is 0. The molecule has 0 unspecified atom stereocenters. The third-order valence-corrected chi connectivity index (χ3v) is 4.07. The van der Waals surface area contributed by atoms with Gasteiger partial charge in [-0.05, 0) is 24.3 Å². The molecule has 0 aromatic heterocycles. The summed E-state index contributed by atoms with van der Waals surface area (Å²) in [5, 5.41) is 23.0. The molecule has 10 heteroatoms. The second kappa shape index (κ2) is 12.3. The Bertz CT molecular complexity index is 958. The molecule has 0 atom stereocenters. The summed E-state index contributed by atoms with van der Waals surface area (Å²) in [6.07, 6.45) is 0. The van der Waals surface area contributed by atoms with Gasteiger partial charge in [-0.3, -0.25) is 9.59 Å². The van der Waals surface area contributed by atoms with E-state index in [-0.39, 0.29) is 38.1 Å². The summed E-state index contributed by atoms with van der Waals surface area (Å²) in [5.74, 6) is 0.607. The van der Waals surface area contributed by atoms with Gasteiger partial charge in [0, 0.05) is 25.2 Å². The van der Waals surface area contributed by atoms with Crippen LogP contribution in [0.1, 0.15) is 11.1 Å². The highest BCUT2D eigenvalue weighted by Crippen LogP contribution is 2.28. The van der Waals surface area contributed by atoms with Gasteiger partial charge >= 0.3 is 0 Å². The average molecular weight is 438 g/mol. The molecule has 2 rings (SSSR count). The summed E-state index contributed by atoms with van der Waals surface area (Å²) < 4.78 is 21.1. The first kappa shape index (κ1) is 23.8. The minimum atomic E-state index is -0.385. The molecule has 0 spiro atoms. The van der Waals surface area contributed by atoms with Crippen molar-refractivity contribution in [2.24, 2.45) is 0 Å². The van der Waals surface area contributed by atoms with E-state index in [0.717, 1.165) is 0 Å². The van der Waals surface area contributed by atoms with Crippen molar-refractivity contribution in [1.29, 1.82) is 10.5 Å². The van der Waals surface area contributed by atoms with Crippen LogP contribution in [0.25, 0.3) is 0 Å². The number of benzene rings is 2. The number of nitrogens with zero attached hydrogens (tertiary/aromatic N) is 2. The monoisotopic (exact) mass is 438 g/mol. The predicted octanol–water partition coefficient (Wildman–Crippen LogP) is 1.14. The summed E-state index contributed by atoms with van der Waals surface area (Å²) in [5.41, 5.74) is 0.826. The number of hydrogen-bond donors (Lipinski definition) is 2. The lowest BCUT2D eigenvalue weighted by molar-refractivity contribution is -0.124. The van der Waals surface area contributed by atoms with Gasteiger partial charge in [-0.25, -0.2) is 0 Å². The Morgan fingerprint density at radius 2 is 1.16 bits per heavy atom. The Kier molecular flexibility index (Phi) is 9.16. The Hall–Kier alpha value is -4.44. The first-order valence-electron chi connectivity index (χ1n) is 9.46. The Labute approximate surface area is 185 Å². The number of carbonyl (C=O) groups is 2. The largest absolute Gasteiger partial charge is 0.493 e. The zero-order valence-electron chi connectivity index (χ0n) is 17.6. The van der Waals surface area contributed by atoms with Gasteiger partial charge in [0.2, 0.25) is 0 Å². The lowest BCUT2D eigenvalue weighted by Crippen LogP contribution is -2.38. The zero-order chi connectivity index (χ0) is 23.3. The van der Waals surface area contributed by atoms with Crippen LogP contribution < -0.4 is 29.6 Å². The lowest BCUT2D eigenvalue weighted by atomic mass is 10.2. The maximum absolute atomic E-state index is 11.9. The zero-order valence-corrected chi connectivity index (χ0v) is 17.6. The van der Waals surface area contributed by atoms with E-state index in [9.17, 15) is 9.59 Å². The topological polar surface area (TPSA) is 143 Å². The molecule has 32 heavy (non-hydrogen) atoms. The van der Waals surface area contributed by atoms with E-state index < -0.39 is 0 Å². The van der Waals surface area contributed by atoms with Crippen molar-refractivity contribution < 1.29 is 28.5 Å². The van der Waals surface area contributed by atoms with E-state index in [2.05, 4.69) is 10.6 Å². The van der Waals surface area contributed by atoms with Crippen molar-refractivity contribution in [3.05, 3.63) is 47.5 Å². The molecule has 0 aliphatic rings. The van der Waals surface area contributed by atoms with E-state index in [0.29, 0.717) is 34.1 Å². The Morgan fingerprint density at radius 1 is 0.750 bits per heavy atom. The Balaban J connectivity index is 1.68. The number of nitriles is 2. The number of methoxy groups -OCH3 is 2. The van der Waals surface area contributed by atoms with Crippen LogP contribution in [0, 0.1) is 22.7 Å². The lowest BCUT2D eigenvalue weighted by Gasteiger charge is -2.12. The van der Waals surface area contributed by atoms with E-state index in [1.807, 2.05) is 12.1 Å². The second-order valence-corrected chi connectivity index (χ2v) is 6.23. The van der Waals surface area contributed by atoms with E-state index in [1.165, 1.54) is 26.4 Å². The highest BCUT2D eigenvalue weighted by molar-refractivity contribution is 5.78. The summed E-state index contributed by atoms with van der Waals surface area (Å²) in [7, 11) is 2.88. The average Bonchev–Trinajstić information content (AvgIpc) is 2.83. The van der Waals surface area contributed by atoms with Crippen LogP contribution in [0.15, 0.2) is 36.4 Å². The van der Waals surface area contributed by atoms with Crippen LogP contribution in [0.5, 0.6) is 23.0 Å². The first-order chi connectivity index (χ1) is 15.5. The van der Waals surface area contributed by atoms with Gasteiger partial charge in [-0.2, -0.15) is 10.5 Å². The number of rotatable bonds is 11. The smallest absolute Gasteiger partial charge is 0.258 e. The maximum atomic E-state index is 11.9. The molecule has 2 aromatic carbocycles. The Morgan fingerprint density at radius 3 is 1.50 bits per heavy atom. The van der Waals surface area contributed by atoms with Crippen LogP contribution in [-0.2, 0) is 9.59 Å². The third-order valence-electron chi connectivity index (χ3n) is 4.07. The van der Waals surface area contributed by atoms with Gasteiger partial charge in [0.25, 0.3) is 11.8 Å². The molecule has 2 amide bonds. The van der Waals surface area contributed by atoms with E-state index in [1.54, 1.807) is 24.3 Å². The van der Waals surface area contributed by atoms with Crippen LogP contribution in [-0.4, -0.2) is 52.3 Å². The van der Waals surface area contributed by atoms with Gasteiger partial charge in [-0.1, -0.05) is 0 Å². The van der Waals surface area contributed by atoms with Crippen molar-refractivity contribution >= 4 is 11.8 Å². The standard InChI is InChI=1S/C22H22N4O6/c1-29-19-9-15(11-23)3-5-17(19)31-13-21(27)25-7-8-26-22(28)14-32-18-6-4-16(12-24)10-20(18)30-2/h3-6,9-10H,7-8,13-14H2,1-2H3,(H,25,27)(H,26,28). The number of ether oxygens (including phenoxy) is 4. The maximum Gasteiger partial charge on any atom is 0.258 e. The molecule has 0 saturated carbocycles. The summed E-state index contributed by atoms with van der Waals surface area (Å²) in [6, 6.07) is 13.2. The quantitative estimate of drug-likeness (QED) is 0.497. The SMILES string of the molecule is COc1cc(C#N)ccc1OCC(=O)NCCNC(=O)COc1ccc(C#N)cc1OC. The van der Waals surface area contributed by atoms with Crippen LogP contribution in [0.3, 0.4) is 0 Å². The van der Waals surface area contributed by atoms with Crippen LogP contribution in [0.2, 0.25) is 0 Å². The molecule has 0 bridgehead atoms. The minimum absolute atomic E-state index is 0.193. The van der Waals surface area contributed by atoms with Crippen LogP contribution >= 0.6 is 0 Å². The molecule has 166 valence electrons. The van der Waals surface area contributed by atoms with Gasteiger partial charge in [-0.15, -0.1) is 0 Å². The molecule has 10 nitrogen and oxygen atoms in total. The van der Waals surface area contributed by atoms with Gasteiger partial charge < -0.3 is 29.6 Å². The van der Waals surface area contributed by atoms with E-state index in [4.69, 9.17) is 29.5 Å². The molecular weight excluding hydrogens is 416 g/mol. The van der Waals surface area contributed by atoms with Crippen molar-refractivity contribution in [2.45, 2.75) is 0 Å².